The van der Waals surface area contributed by atoms with Gasteiger partial charge >= 0.3 is 0 Å². The lowest BCUT2D eigenvalue weighted by molar-refractivity contribution is -0.116. The van der Waals surface area contributed by atoms with E-state index in [1.807, 2.05) is 83.4 Å². The number of rotatable bonds is 5. The van der Waals surface area contributed by atoms with E-state index in [1.54, 1.807) is 0 Å². The third-order valence-corrected chi connectivity index (χ3v) is 4.77. The molecule has 0 aliphatic rings. The Kier molecular flexibility index (Phi) is 4.90. The first-order chi connectivity index (χ1) is 13.2. The molecule has 3 aromatic carbocycles. The highest BCUT2D eigenvalue weighted by atomic mass is 35.5. The Morgan fingerprint density at radius 2 is 1.63 bits per heavy atom. The fourth-order valence-corrected chi connectivity index (χ4v) is 3.32. The van der Waals surface area contributed by atoms with Crippen LogP contribution in [0, 0.1) is 0 Å². The molecule has 5 heteroatoms. The van der Waals surface area contributed by atoms with Crippen molar-refractivity contribution >= 4 is 34.2 Å². The lowest BCUT2D eigenvalue weighted by Crippen LogP contribution is -2.20. The molecule has 0 saturated carbocycles. The van der Waals surface area contributed by atoms with E-state index >= 15 is 0 Å². The topological polar surface area (TPSA) is 46.9 Å². The van der Waals surface area contributed by atoms with Crippen LogP contribution in [0.5, 0.6) is 0 Å². The number of anilines is 1. The molecule has 27 heavy (non-hydrogen) atoms. The average Bonchev–Trinajstić information content (AvgIpc) is 3.02. The molecule has 1 N–H and O–H groups in total. The molecule has 4 nitrogen and oxygen atoms in total. The molecule has 1 amide bonds. The minimum Gasteiger partial charge on any atom is -0.325 e. The molecule has 0 radical (unpaired) electrons. The summed E-state index contributed by atoms with van der Waals surface area (Å²) in [5.41, 5.74) is 3.56. The number of carbonyl (C=O) groups excluding carboxylic acids is 1. The van der Waals surface area contributed by atoms with Crippen molar-refractivity contribution in [3.63, 3.8) is 0 Å². The number of aromatic nitrogens is 2. The van der Waals surface area contributed by atoms with E-state index in [0.717, 1.165) is 28.1 Å². The standard InChI is InChI=1S/C22H18ClN3O/c23-18-11-5-4-8-16(18)14-21-25-19-12-6-7-13-20(19)26(21)15-22(27)24-17-9-2-1-3-10-17/h1-13H,14-15H2,(H,24,27). The summed E-state index contributed by atoms with van der Waals surface area (Å²) < 4.78 is 1.96. The van der Waals surface area contributed by atoms with Crippen LogP contribution in [-0.2, 0) is 17.8 Å². The van der Waals surface area contributed by atoms with Crippen molar-refractivity contribution in [3.8, 4) is 0 Å². The summed E-state index contributed by atoms with van der Waals surface area (Å²) in [6.07, 6.45) is 0.562. The molecule has 0 saturated heterocycles. The zero-order valence-corrected chi connectivity index (χ0v) is 15.4. The van der Waals surface area contributed by atoms with Gasteiger partial charge in [0, 0.05) is 17.1 Å². The summed E-state index contributed by atoms with van der Waals surface area (Å²) >= 11 is 6.32. The number of imidazole rings is 1. The summed E-state index contributed by atoms with van der Waals surface area (Å²) in [5.74, 6) is 0.720. The van der Waals surface area contributed by atoms with Crippen LogP contribution in [0.2, 0.25) is 5.02 Å². The first-order valence-electron chi connectivity index (χ1n) is 8.73. The Morgan fingerprint density at radius 1 is 0.926 bits per heavy atom. The second-order valence-electron chi connectivity index (χ2n) is 6.29. The highest BCUT2D eigenvalue weighted by Crippen LogP contribution is 2.22. The number of halogens is 1. The van der Waals surface area contributed by atoms with Crippen LogP contribution in [0.15, 0.2) is 78.9 Å². The summed E-state index contributed by atoms with van der Waals surface area (Å²) in [7, 11) is 0. The Labute approximate surface area is 162 Å². The van der Waals surface area contributed by atoms with E-state index < -0.39 is 0 Å². The Hall–Kier alpha value is -3.11. The molecule has 1 aromatic heterocycles. The first-order valence-corrected chi connectivity index (χ1v) is 9.11. The number of para-hydroxylation sites is 3. The van der Waals surface area contributed by atoms with Crippen LogP contribution in [-0.4, -0.2) is 15.5 Å². The van der Waals surface area contributed by atoms with Crippen molar-refractivity contribution in [2.45, 2.75) is 13.0 Å². The summed E-state index contributed by atoms with van der Waals surface area (Å²) in [6.45, 7) is 0.190. The van der Waals surface area contributed by atoms with Gasteiger partial charge in [-0.2, -0.15) is 0 Å². The molecule has 4 rings (SSSR count). The SMILES string of the molecule is O=C(Cn1c(Cc2ccccc2Cl)nc2ccccc21)Nc1ccccc1. The zero-order valence-electron chi connectivity index (χ0n) is 14.6. The Bertz CT molecular complexity index is 1090. The average molecular weight is 376 g/mol. The molecule has 0 spiro atoms. The fourth-order valence-electron chi connectivity index (χ4n) is 3.11. The smallest absolute Gasteiger partial charge is 0.244 e. The molecule has 0 unspecified atom stereocenters. The van der Waals surface area contributed by atoms with E-state index in [9.17, 15) is 4.79 Å². The molecular formula is C22H18ClN3O. The van der Waals surface area contributed by atoms with Gasteiger partial charge < -0.3 is 9.88 Å². The predicted octanol–water partition coefficient (Wildman–Crippen LogP) is 4.92. The van der Waals surface area contributed by atoms with Gasteiger partial charge in [-0.05, 0) is 35.9 Å². The van der Waals surface area contributed by atoms with E-state index in [2.05, 4.69) is 5.32 Å². The summed E-state index contributed by atoms with van der Waals surface area (Å²) in [4.78, 5) is 17.3. The number of nitrogens with zero attached hydrogens (tertiary/aromatic N) is 2. The van der Waals surface area contributed by atoms with Gasteiger partial charge in [-0.3, -0.25) is 4.79 Å². The largest absolute Gasteiger partial charge is 0.325 e. The lowest BCUT2D eigenvalue weighted by Gasteiger charge is -2.11. The highest BCUT2D eigenvalue weighted by Gasteiger charge is 2.15. The molecule has 4 aromatic rings. The van der Waals surface area contributed by atoms with Crippen molar-refractivity contribution in [2.75, 3.05) is 5.32 Å². The summed E-state index contributed by atoms with van der Waals surface area (Å²) in [6, 6.07) is 25.0. The maximum absolute atomic E-state index is 12.6. The molecule has 0 atom stereocenters. The van der Waals surface area contributed by atoms with E-state index in [-0.39, 0.29) is 12.5 Å². The van der Waals surface area contributed by atoms with Gasteiger partial charge in [0.05, 0.1) is 11.0 Å². The van der Waals surface area contributed by atoms with Gasteiger partial charge in [0.2, 0.25) is 5.91 Å². The molecule has 0 fully saturated rings. The number of benzene rings is 3. The number of carbonyl (C=O) groups is 1. The number of hydrogen-bond acceptors (Lipinski definition) is 2. The maximum atomic E-state index is 12.6. The Balaban J connectivity index is 1.66. The van der Waals surface area contributed by atoms with Gasteiger partial charge in [-0.1, -0.05) is 60.1 Å². The summed E-state index contributed by atoms with van der Waals surface area (Å²) in [5, 5.41) is 3.63. The highest BCUT2D eigenvalue weighted by molar-refractivity contribution is 6.31. The van der Waals surface area contributed by atoms with Crippen molar-refractivity contribution in [2.24, 2.45) is 0 Å². The van der Waals surface area contributed by atoms with Crippen molar-refractivity contribution in [1.82, 2.24) is 9.55 Å². The molecule has 0 aliphatic carbocycles. The predicted molar refractivity (Wildman–Crippen MR) is 109 cm³/mol. The minimum absolute atomic E-state index is 0.0928. The maximum Gasteiger partial charge on any atom is 0.244 e. The van der Waals surface area contributed by atoms with Gasteiger partial charge in [0.25, 0.3) is 0 Å². The third kappa shape index (κ3) is 3.86. The normalized spacial score (nSPS) is 10.9. The second-order valence-corrected chi connectivity index (χ2v) is 6.69. The molecule has 1 heterocycles. The van der Waals surface area contributed by atoms with Crippen LogP contribution in [0.3, 0.4) is 0 Å². The Morgan fingerprint density at radius 3 is 2.44 bits per heavy atom. The molecule has 0 aliphatic heterocycles. The van der Waals surface area contributed by atoms with Gasteiger partial charge in [0.15, 0.2) is 0 Å². The van der Waals surface area contributed by atoms with Crippen molar-refractivity contribution < 1.29 is 4.79 Å². The van der Waals surface area contributed by atoms with Crippen molar-refractivity contribution in [3.05, 3.63) is 95.3 Å². The molecule has 134 valence electrons. The van der Waals surface area contributed by atoms with E-state index in [4.69, 9.17) is 16.6 Å². The van der Waals surface area contributed by atoms with Gasteiger partial charge in [-0.15, -0.1) is 0 Å². The molecular weight excluding hydrogens is 358 g/mol. The number of fused-ring (bicyclic) bond motifs is 1. The number of hydrogen-bond donors (Lipinski definition) is 1. The van der Waals surface area contributed by atoms with E-state index in [0.29, 0.717) is 11.4 Å². The number of nitrogens with one attached hydrogen (secondary N) is 1. The number of amides is 1. The van der Waals surface area contributed by atoms with Gasteiger partial charge in [-0.25, -0.2) is 4.98 Å². The van der Waals surface area contributed by atoms with Crippen molar-refractivity contribution in [1.29, 1.82) is 0 Å². The second kappa shape index (κ2) is 7.64. The van der Waals surface area contributed by atoms with Gasteiger partial charge in [0.1, 0.15) is 12.4 Å². The van der Waals surface area contributed by atoms with Crippen LogP contribution in [0.1, 0.15) is 11.4 Å². The molecule has 0 bridgehead atoms. The van der Waals surface area contributed by atoms with Crippen LogP contribution in [0.4, 0.5) is 5.69 Å². The van der Waals surface area contributed by atoms with Crippen LogP contribution < -0.4 is 5.32 Å². The fraction of sp³-hybridized carbons (Fsp3) is 0.0909. The van der Waals surface area contributed by atoms with Crippen LogP contribution in [0.25, 0.3) is 11.0 Å². The third-order valence-electron chi connectivity index (χ3n) is 4.40. The zero-order chi connectivity index (χ0) is 18.6. The minimum atomic E-state index is -0.0928. The lowest BCUT2D eigenvalue weighted by atomic mass is 10.1. The van der Waals surface area contributed by atoms with E-state index in [1.165, 1.54) is 0 Å². The first kappa shape index (κ1) is 17.3. The quantitative estimate of drug-likeness (QED) is 0.538. The monoisotopic (exact) mass is 375 g/mol. The van der Waals surface area contributed by atoms with Crippen LogP contribution >= 0.6 is 11.6 Å².